The van der Waals surface area contributed by atoms with Gasteiger partial charge < -0.3 is 9.47 Å². The van der Waals surface area contributed by atoms with Crippen LogP contribution in [0.25, 0.3) is 0 Å². The Morgan fingerprint density at radius 3 is 2.10 bits per heavy atom. The molecule has 4 nitrogen and oxygen atoms in total. The van der Waals surface area contributed by atoms with Crippen molar-refractivity contribution in [2.24, 2.45) is 0 Å². The van der Waals surface area contributed by atoms with Crippen LogP contribution < -0.4 is 9.47 Å². The minimum atomic E-state index is -0.800. The monoisotopic (exact) mass is 365 g/mol. The number of rotatable bonds is 3. The fraction of sp³-hybridized carbons (Fsp3) is 0.0769. The van der Waals surface area contributed by atoms with E-state index < -0.39 is 5.97 Å². The van der Waals surface area contributed by atoms with E-state index in [0.717, 1.165) is 0 Å². The molecule has 0 N–H and O–H groups in total. The topological polar surface area (TPSA) is 48.4 Å². The summed E-state index contributed by atoms with van der Waals surface area (Å²) in [7, 11) is 1.53. The molecule has 0 radical (unpaired) electrons. The van der Waals surface area contributed by atoms with Gasteiger partial charge in [0.2, 0.25) is 0 Å². The molecule has 0 aliphatic carbocycles. The molecule has 110 valence electrons. The molecule has 0 aliphatic heterocycles. The highest BCUT2D eigenvalue weighted by Crippen LogP contribution is 2.36. The summed E-state index contributed by atoms with van der Waals surface area (Å²) in [6.07, 6.45) is 0. The van der Waals surface area contributed by atoms with Crippen LogP contribution in [0.1, 0.15) is 10.5 Å². The first kappa shape index (κ1) is 16.2. The smallest absolute Gasteiger partial charge is 0.364 e. The van der Waals surface area contributed by atoms with E-state index in [1.807, 2.05) is 0 Å². The number of nitrogens with zero attached hydrogens (tertiary/aromatic N) is 1. The summed E-state index contributed by atoms with van der Waals surface area (Å²) >= 11 is 23.3. The lowest BCUT2D eigenvalue weighted by Crippen LogP contribution is -2.12. The maximum atomic E-state index is 12.0. The Kier molecular flexibility index (Phi) is 5.17. The number of benzene rings is 1. The summed E-state index contributed by atoms with van der Waals surface area (Å²) in [5.74, 6) is 0.120. The lowest BCUT2D eigenvalue weighted by Gasteiger charge is -2.08. The van der Waals surface area contributed by atoms with Crippen molar-refractivity contribution in [2.45, 2.75) is 0 Å². The molecule has 0 saturated carbocycles. The van der Waals surface area contributed by atoms with Gasteiger partial charge in [0, 0.05) is 0 Å². The number of esters is 1. The van der Waals surface area contributed by atoms with Crippen molar-refractivity contribution >= 4 is 52.4 Å². The van der Waals surface area contributed by atoms with E-state index in [4.69, 9.17) is 55.9 Å². The van der Waals surface area contributed by atoms with Crippen LogP contribution in [0, 0.1) is 0 Å². The Hall–Kier alpha value is -1.20. The molecular formula is C13H7Cl4NO3. The number of halogens is 4. The van der Waals surface area contributed by atoms with Gasteiger partial charge in [-0.25, -0.2) is 9.78 Å². The predicted molar refractivity (Wildman–Crippen MR) is 82.2 cm³/mol. The normalized spacial score (nSPS) is 10.3. The number of methoxy groups -OCH3 is 1. The summed E-state index contributed by atoms with van der Waals surface area (Å²) < 4.78 is 10.1. The summed E-state index contributed by atoms with van der Waals surface area (Å²) in [4.78, 5) is 15.8. The van der Waals surface area contributed by atoms with Crippen LogP contribution in [0.3, 0.4) is 0 Å². The highest BCUT2D eigenvalue weighted by Gasteiger charge is 2.21. The Labute approximate surface area is 140 Å². The zero-order valence-electron chi connectivity index (χ0n) is 10.5. The predicted octanol–water partition coefficient (Wildman–Crippen LogP) is 4.92. The molecule has 21 heavy (non-hydrogen) atoms. The second kappa shape index (κ2) is 6.71. The molecule has 0 fully saturated rings. The van der Waals surface area contributed by atoms with Crippen LogP contribution in [-0.4, -0.2) is 18.1 Å². The lowest BCUT2D eigenvalue weighted by atomic mass is 10.3. The van der Waals surface area contributed by atoms with E-state index in [-0.39, 0.29) is 25.9 Å². The molecule has 2 rings (SSSR count). The highest BCUT2D eigenvalue weighted by molar-refractivity contribution is 6.52. The van der Waals surface area contributed by atoms with Gasteiger partial charge in [0.25, 0.3) is 0 Å². The molecule has 0 amide bonds. The maximum Gasteiger partial charge on any atom is 0.364 e. The highest BCUT2D eigenvalue weighted by atomic mass is 35.5. The molecule has 8 heteroatoms. The largest absolute Gasteiger partial charge is 0.497 e. The van der Waals surface area contributed by atoms with Gasteiger partial charge >= 0.3 is 5.97 Å². The van der Waals surface area contributed by atoms with E-state index in [1.165, 1.54) is 7.11 Å². The Bertz CT molecular complexity index is 689. The SMILES string of the molecule is COc1ccc(OC(=O)c2nc(Cl)c(Cl)c(Cl)c2Cl)cc1. The number of carbonyl (C=O) groups excluding carboxylic acids is 1. The zero-order chi connectivity index (χ0) is 15.6. The molecule has 0 bridgehead atoms. The second-order valence-electron chi connectivity index (χ2n) is 3.76. The van der Waals surface area contributed by atoms with Crippen LogP contribution in [-0.2, 0) is 0 Å². The van der Waals surface area contributed by atoms with Crippen LogP contribution in [0.4, 0.5) is 0 Å². The van der Waals surface area contributed by atoms with Crippen molar-refractivity contribution in [1.82, 2.24) is 4.98 Å². The van der Waals surface area contributed by atoms with Crippen LogP contribution in [0.15, 0.2) is 24.3 Å². The number of hydrogen-bond donors (Lipinski definition) is 0. The molecule has 0 aliphatic rings. The third-order valence-corrected chi connectivity index (χ3v) is 4.13. The summed E-state index contributed by atoms with van der Waals surface area (Å²) in [5, 5.41) is -0.332. The molecule has 1 aromatic heterocycles. The molecule has 0 spiro atoms. The standard InChI is InChI=1S/C13H7Cl4NO3/c1-20-6-2-4-7(5-3-6)21-13(19)11-9(15)8(14)10(16)12(17)18-11/h2-5H,1H3. The van der Waals surface area contributed by atoms with Gasteiger partial charge in [-0.1, -0.05) is 46.4 Å². The molecule has 0 atom stereocenters. The van der Waals surface area contributed by atoms with Gasteiger partial charge in [0.05, 0.1) is 22.2 Å². The fourth-order valence-corrected chi connectivity index (χ4v) is 2.23. The molecule has 1 aromatic carbocycles. The number of ether oxygens (including phenoxy) is 2. The minimum Gasteiger partial charge on any atom is -0.497 e. The number of aromatic nitrogens is 1. The zero-order valence-corrected chi connectivity index (χ0v) is 13.5. The van der Waals surface area contributed by atoms with Crippen LogP contribution >= 0.6 is 46.4 Å². The number of carbonyl (C=O) groups is 1. The lowest BCUT2D eigenvalue weighted by molar-refractivity contribution is 0.0728. The third kappa shape index (κ3) is 3.52. The van der Waals surface area contributed by atoms with Gasteiger partial charge in [0.1, 0.15) is 16.7 Å². The van der Waals surface area contributed by atoms with Crippen molar-refractivity contribution in [1.29, 1.82) is 0 Å². The second-order valence-corrected chi connectivity index (χ2v) is 5.25. The molecule has 1 heterocycles. The Balaban J connectivity index is 2.28. The summed E-state index contributed by atoms with van der Waals surface area (Å²) in [6, 6.07) is 6.40. The van der Waals surface area contributed by atoms with Crippen molar-refractivity contribution in [3.05, 3.63) is 50.2 Å². The van der Waals surface area contributed by atoms with Crippen molar-refractivity contribution in [3.8, 4) is 11.5 Å². The van der Waals surface area contributed by atoms with Crippen molar-refractivity contribution in [3.63, 3.8) is 0 Å². The van der Waals surface area contributed by atoms with E-state index in [1.54, 1.807) is 24.3 Å². The van der Waals surface area contributed by atoms with Gasteiger partial charge in [-0.15, -0.1) is 0 Å². The van der Waals surface area contributed by atoms with Crippen LogP contribution in [0.2, 0.25) is 20.2 Å². The number of pyridine rings is 1. The summed E-state index contributed by atoms with van der Waals surface area (Å²) in [5.41, 5.74) is -0.216. The molecule has 0 unspecified atom stereocenters. The first-order chi connectivity index (χ1) is 9.93. The molecule has 0 saturated heterocycles. The maximum absolute atomic E-state index is 12.0. The van der Waals surface area contributed by atoms with Gasteiger partial charge in [-0.05, 0) is 24.3 Å². The van der Waals surface area contributed by atoms with Gasteiger partial charge in [0.15, 0.2) is 5.69 Å². The van der Waals surface area contributed by atoms with Crippen LogP contribution in [0.5, 0.6) is 11.5 Å². The summed E-state index contributed by atoms with van der Waals surface area (Å²) in [6.45, 7) is 0. The van der Waals surface area contributed by atoms with Crippen molar-refractivity contribution in [2.75, 3.05) is 7.11 Å². The van der Waals surface area contributed by atoms with E-state index in [0.29, 0.717) is 11.5 Å². The third-order valence-electron chi connectivity index (χ3n) is 2.45. The minimum absolute atomic E-state index is 0.0238. The average Bonchev–Trinajstić information content (AvgIpc) is 2.49. The first-order valence-corrected chi connectivity index (χ1v) is 7.01. The van der Waals surface area contributed by atoms with Crippen molar-refractivity contribution < 1.29 is 14.3 Å². The average molecular weight is 367 g/mol. The Morgan fingerprint density at radius 1 is 0.952 bits per heavy atom. The van der Waals surface area contributed by atoms with E-state index >= 15 is 0 Å². The number of hydrogen-bond acceptors (Lipinski definition) is 4. The van der Waals surface area contributed by atoms with E-state index in [9.17, 15) is 4.79 Å². The first-order valence-electron chi connectivity index (χ1n) is 5.50. The molecule has 2 aromatic rings. The van der Waals surface area contributed by atoms with E-state index in [2.05, 4.69) is 4.98 Å². The Morgan fingerprint density at radius 2 is 1.52 bits per heavy atom. The quantitative estimate of drug-likeness (QED) is 0.439. The van der Waals surface area contributed by atoms with Gasteiger partial charge in [-0.2, -0.15) is 0 Å². The molecular weight excluding hydrogens is 360 g/mol. The fourth-order valence-electron chi connectivity index (χ4n) is 1.42. The van der Waals surface area contributed by atoms with Gasteiger partial charge in [-0.3, -0.25) is 0 Å².